The van der Waals surface area contributed by atoms with E-state index in [2.05, 4.69) is 10.2 Å². The van der Waals surface area contributed by atoms with Crippen LogP contribution in [0.5, 0.6) is 0 Å². The maximum atomic E-state index is 10.7. The number of carbonyl (C=O) groups is 1. The van der Waals surface area contributed by atoms with E-state index in [4.69, 9.17) is 10.2 Å². The molecule has 2 rings (SSSR count). The lowest BCUT2D eigenvalue weighted by atomic mass is 10.2. The van der Waals surface area contributed by atoms with Crippen molar-refractivity contribution < 1.29 is 9.21 Å². The molecule has 0 aliphatic heterocycles. The van der Waals surface area contributed by atoms with Crippen molar-refractivity contribution in [3.8, 4) is 11.5 Å². The number of hydrogen-bond acceptors (Lipinski definition) is 4. The van der Waals surface area contributed by atoms with Gasteiger partial charge in [-0.1, -0.05) is 18.2 Å². The molecular weight excluding hydrogens is 182 g/mol. The first kappa shape index (κ1) is 8.43. The summed E-state index contributed by atoms with van der Waals surface area (Å²) in [6, 6.07) is 9.15. The van der Waals surface area contributed by atoms with Crippen LogP contribution < -0.4 is 5.73 Å². The molecule has 1 aromatic heterocycles. The summed E-state index contributed by atoms with van der Waals surface area (Å²) in [5, 5.41) is 7.19. The van der Waals surface area contributed by atoms with E-state index in [1.54, 1.807) is 12.1 Å². The van der Waals surface area contributed by atoms with Gasteiger partial charge in [0.05, 0.1) is 0 Å². The highest BCUT2D eigenvalue weighted by Crippen LogP contribution is 2.16. The quantitative estimate of drug-likeness (QED) is 0.758. The number of primary amides is 1. The summed E-state index contributed by atoms with van der Waals surface area (Å²) in [6.45, 7) is 0. The van der Waals surface area contributed by atoms with Crippen LogP contribution in [0.2, 0.25) is 0 Å². The summed E-state index contributed by atoms with van der Waals surface area (Å²) >= 11 is 0. The number of nitrogens with two attached hydrogens (primary N) is 1. The van der Waals surface area contributed by atoms with Gasteiger partial charge in [0.2, 0.25) is 5.89 Å². The van der Waals surface area contributed by atoms with Gasteiger partial charge in [0, 0.05) is 5.56 Å². The second-order valence-electron chi connectivity index (χ2n) is 2.64. The number of rotatable bonds is 2. The monoisotopic (exact) mass is 189 g/mol. The van der Waals surface area contributed by atoms with Crippen molar-refractivity contribution >= 4 is 5.91 Å². The fourth-order valence-electron chi connectivity index (χ4n) is 1.02. The molecule has 1 heterocycles. The zero-order valence-corrected chi connectivity index (χ0v) is 7.18. The maximum Gasteiger partial charge on any atom is 0.306 e. The van der Waals surface area contributed by atoms with Gasteiger partial charge in [-0.05, 0) is 12.1 Å². The van der Waals surface area contributed by atoms with E-state index in [1.165, 1.54) is 0 Å². The van der Waals surface area contributed by atoms with Crippen molar-refractivity contribution in [2.45, 2.75) is 0 Å². The first-order valence-electron chi connectivity index (χ1n) is 3.96. The number of aromatic nitrogens is 2. The smallest absolute Gasteiger partial charge is 0.306 e. The molecule has 1 amide bonds. The van der Waals surface area contributed by atoms with Crippen LogP contribution in [-0.4, -0.2) is 16.1 Å². The van der Waals surface area contributed by atoms with Crippen LogP contribution in [0.25, 0.3) is 11.5 Å². The molecule has 2 N–H and O–H groups in total. The predicted octanol–water partition coefficient (Wildman–Crippen LogP) is 0.836. The Kier molecular flexibility index (Phi) is 1.98. The predicted molar refractivity (Wildman–Crippen MR) is 48.3 cm³/mol. The second kappa shape index (κ2) is 3.29. The third-order valence-corrected chi connectivity index (χ3v) is 1.66. The molecule has 2 aromatic rings. The molecule has 0 spiro atoms. The molecule has 14 heavy (non-hydrogen) atoms. The minimum absolute atomic E-state index is 0.177. The first-order valence-corrected chi connectivity index (χ1v) is 3.96. The Hall–Kier alpha value is -2.17. The lowest BCUT2D eigenvalue weighted by Gasteiger charge is -1.90. The second-order valence-corrected chi connectivity index (χ2v) is 2.64. The van der Waals surface area contributed by atoms with Gasteiger partial charge in [-0.2, -0.15) is 0 Å². The Labute approximate surface area is 79.6 Å². The zero-order chi connectivity index (χ0) is 9.97. The highest BCUT2D eigenvalue weighted by atomic mass is 16.4. The molecule has 5 nitrogen and oxygen atoms in total. The number of nitrogens with zero attached hydrogens (tertiary/aromatic N) is 2. The molecule has 0 radical (unpaired) electrons. The first-order chi connectivity index (χ1) is 6.77. The molecule has 0 saturated heterocycles. The molecule has 5 heteroatoms. The number of benzene rings is 1. The van der Waals surface area contributed by atoms with Crippen LogP contribution in [0.4, 0.5) is 0 Å². The lowest BCUT2D eigenvalue weighted by molar-refractivity contribution is 0.0968. The summed E-state index contributed by atoms with van der Waals surface area (Å²) in [7, 11) is 0. The number of amides is 1. The van der Waals surface area contributed by atoms with Gasteiger partial charge in [-0.15, -0.1) is 10.2 Å². The Morgan fingerprint density at radius 3 is 2.50 bits per heavy atom. The van der Waals surface area contributed by atoms with Crippen molar-refractivity contribution in [1.29, 1.82) is 0 Å². The highest BCUT2D eigenvalue weighted by Gasteiger charge is 2.11. The summed E-state index contributed by atoms with van der Waals surface area (Å²) in [5.41, 5.74) is 5.73. The van der Waals surface area contributed by atoms with Crippen molar-refractivity contribution in [1.82, 2.24) is 10.2 Å². The van der Waals surface area contributed by atoms with E-state index in [1.807, 2.05) is 18.2 Å². The number of hydrogen-bond donors (Lipinski definition) is 1. The van der Waals surface area contributed by atoms with E-state index < -0.39 is 5.91 Å². The fourth-order valence-corrected chi connectivity index (χ4v) is 1.02. The maximum absolute atomic E-state index is 10.7. The molecular formula is C9H7N3O2. The van der Waals surface area contributed by atoms with Crippen LogP contribution in [0.3, 0.4) is 0 Å². The molecule has 1 aromatic carbocycles. The van der Waals surface area contributed by atoms with E-state index in [0.717, 1.165) is 5.56 Å². The highest BCUT2D eigenvalue weighted by molar-refractivity contribution is 5.87. The summed E-state index contributed by atoms with van der Waals surface area (Å²) in [4.78, 5) is 10.7. The fraction of sp³-hybridized carbons (Fsp3) is 0. The van der Waals surface area contributed by atoms with Crippen molar-refractivity contribution in [3.63, 3.8) is 0 Å². The SMILES string of the molecule is NC(=O)c1nnc(-c2ccccc2)o1. The average molecular weight is 189 g/mol. The third kappa shape index (κ3) is 1.47. The Morgan fingerprint density at radius 1 is 1.21 bits per heavy atom. The van der Waals surface area contributed by atoms with E-state index >= 15 is 0 Å². The van der Waals surface area contributed by atoms with E-state index in [0.29, 0.717) is 5.89 Å². The summed E-state index contributed by atoms with van der Waals surface area (Å²) < 4.78 is 5.03. The summed E-state index contributed by atoms with van der Waals surface area (Å²) in [5.74, 6) is -0.608. The summed E-state index contributed by atoms with van der Waals surface area (Å²) in [6.07, 6.45) is 0. The van der Waals surface area contributed by atoms with Crippen LogP contribution in [0, 0.1) is 0 Å². The van der Waals surface area contributed by atoms with Gasteiger partial charge in [-0.25, -0.2) is 0 Å². The largest absolute Gasteiger partial charge is 0.412 e. The van der Waals surface area contributed by atoms with Crippen molar-refractivity contribution in [3.05, 3.63) is 36.2 Å². The van der Waals surface area contributed by atoms with Gasteiger partial charge >= 0.3 is 11.8 Å². The molecule has 0 bridgehead atoms. The Balaban J connectivity index is 2.39. The standard InChI is InChI=1S/C9H7N3O2/c10-7(13)9-12-11-8(14-9)6-4-2-1-3-5-6/h1-5H,(H2,10,13). The topological polar surface area (TPSA) is 82.0 Å². The molecule has 70 valence electrons. The van der Waals surface area contributed by atoms with Gasteiger partial charge in [0.1, 0.15) is 0 Å². The van der Waals surface area contributed by atoms with Gasteiger partial charge in [0.25, 0.3) is 0 Å². The molecule has 0 saturated carbocycles. The van der Waals surface area contributed by atoms with Crippen LogP contribution >= 0.6 is 0 Å². The number of carbonyl (C=O) groups excluding carboxylic acids is 1. The van der Waals surface area contributed by atoms with Gasteiger partial charge in [0.15, 0.2) is 0 Å². The Morgan fingerprint density at radius 2 is 1.93 bits per heavy atom. The molecule has 0 atom stereocenters. The minimum atomic E-state index is -0.723. The van der Waals surface area contributed by atoms with Crippen LogP contribution in [-0.2, 0) is 0 Å². The minimum Gasteiger partial charge on any atom is -0.412 e. The van der Waals surface area contributed by atoms with E-state index in [-0.39, 0.29) is 5.89 Å². The van der Waals surface area contributed by atoms with Crippen LogP contribution in [0.15, 0.2) is 34.7 Å². The van der Waals surface area contributed by atoms with Gasteiger partial charge < -0.3 is 10.2 Å². The average Bonchev–Trinajstić information content (AvgIpc) is 2.68. The molecule has 0 unspecified atom stereocenters. The zero-order valence-electron chi connectivity index (χ0n) is 7.18. The van der Waals surface area contributed by atoms with Gasteiger partial charge in [-0.3, -0.25) is 4.79 Å². The van der Waals surface area contributed by atoms with Crippen molar-refractivity contribution in [2.75, 3.05) is 0 Å². The van der Waals surface area contributed by atoms with E-state index in [9.17, 15) is 4.79 Å². The van der Waals surface area contributed by atoms with Crippen molar-refractivity contribution in [2.24, 2.45) is 5.73 Å². The third-order valence-electron chi connectivity index (χ3n) is 1.66. The molecule has 0 aliphatic rings. The lowest BCUT2D eigenvalue weighted by Crippen LogP contribution is -2.10. The molecule has 0 fully saturated rings. The molecule has 0 aliphatic carbocycles. The Bertz CT molecular complexity index is 450. The normalized spacial score (nSPS) is 10.0. The van der Waals surface area contributed by atoms with Crippen LogP contribution in [0.1, 0.15) is 10.7 Å².